The Kier molecular flexibility index (Phi) is 13.3. The van der Waals surface area contributed by atoms with Crippen molar-refractivity contribution in [3.8, 4) is 5.75 Å². The van der Waals surface area contributed by atoms with Crippen LogP contribution in [0.5, 0.6) is 5.75 Å². The molecule has 220 valence electrons. The molecule has 39 heavy (non-hydrogen) atoms. The number of hydrogen-bond acceptors (Lipinski definition) is 7. The fourth-order valence-electron chi connectivity index (χ4n) is 4.10. The van der Waals surface area contributed by atoms with Gasteiger partial charge in [0.15, 0.2) is 0 Å². The van der Waals surface area contributed by atoms with E-state index in [1.54, 1.807) is 32.9 Å². The second kappa shape index (κ2) is 15.3. The lowest BCUT2D eigenvalue weighted by molar-refractivity contribution is -0.147. The van der Waals surface area contributed by atoms with Gasteiger partial charge in [0.1, 0.15) is 30.0 Å². The van der Waals surface area contributed by atoms with Gasteiger partial charge in [0.2, 0.25) is 11.8 Å². The van der Waals surface area contributed by atoms with Gasteiger partial charge >= 0.3 is 12.1 Å². The van der Waals surface area contributed by atoms with Crippen LogP contribution >= 0.6 is 0 Å². The van der Waals surface area contributed by atoms with Crippen molar-refractivity contribution in [3.05, 3.63) is 29.8 Å². The number of alkyl carbamates (subject to hydrolysis) is 1. The summed E-state index contributed by atoms with van der Waals surface area (Å²) in [4.78, 5) is 53.9. The van der Waals surface area contributed by atoms with Crippen molar-refractivity contribution < 1.29 is 33.8 Å². The summed E-state index contributed by atoms with van der Waals surface area (Å²) in [6.45, 7) is 14.7. The van der Waals surface area contributed by atoms with Crippen LogP contribution < -0.4 is 10.6 Å². The maximum Gasteiger partial charge on any atom is 0.408 e. The van der Waals surface area contributed by atoms with Crippen molar-refractivity contribution in [2.24, 2.45) is 11.8 Å². The smallest absolute Gasteiger partial charge is 0.408 e. The summed E-state index contributed by atoms with van der Waals surface area (Å²) in [6.07, 6.45) is 0.946. The lowest BCUT2D eigenvalue weighted by Crippen LogP contribution is -2.56. The van der Waals surface area contributed by atoms with Crippen LogP contribution in [0, 0.1) is 11.8 Å². The summed E-state index contributed by atoms with van der Waals surface area (Å²) in [6, 6.07) is 3.50. The zero-order valence-corrected chi connectivity index (χ0v) is 24.9. The summed E-state index contributed by atoms with van der Waals surface area (Å²) in [5, 5.41) is 15.5. The Morgan fingerprint density at radius 2 is 1.64 bits per heavy atom. The van der Waals surface area contributed by atoms with Crippen LogP contribution in [0.2, 0.25) is 0 Å². The van der Waals surface area contributed by atoms with Gasteiger partial charge in [-0.3, -0.25) is 14.4 Å². The molecule has 10 nitrogen and oxygen atoms in total. The van der Waals surface area contributed by atoms with E-state index in [1.165, 1.54) is 24.1 Å². The number of nitrogens with one attached hydrogen (secondary N) is 2. The number of benzene rings is 1. The van der Waals surface area contributed by atoms with Gasteiger partial charge in [0.05, 0.1) is 7.11 Å². The summed E-state index contributed by atoms with van der Waals surface area (Å²) in [5.41, 5.74) is -0.403. The molecule has 3 unspecified atom stereocenters. The molecule has 0 saturated carbocycles. The molecule has 0 aromatic heterocycles. The molecular formula is C29H47N3O7. The van der Waals surface area contributed by atoms with E-state index in [-0.39, 0.29) is 11.7 Å². The van der Waals surface area contributed by atoms with Crippen LogP contribution in [0.1, 0.15) is 86.3 Å². The maximum absolute atomic E-state index is 14.3. The largest absolute Gasteiger partial charge is 0.508 e. The highest BCUT2D eigenvalue weighted by molar-refractivity contribution is 5.93. The molecule has 0 fully saturated rings. The van der Waals surface area contributed by atoms with Gasteiger partial charge in [0.25, 0.3) is 0 Å². The van der Waals surface area contributed by atoms with E-state index in [9.17, 15) is 24.3 Å². The zero-order chi connectivity index (χ0) is 29.9. The number of carbonyl (C=O) groups excluding carboxylic acids is 4. The Morgan fingerprint density at radius 3 is 2.15 bits per heavy atom. The van der Waals surface area contributed by atoms with Gasteiger partial charge in [-0.05, 0) is 76.5 Å². The van der Waals surface area contributed by atoms with E-state index in [2.05, 4.69) is 29.2 Å². The molecule has 10 heteroatoms. The molecule has 0 bridgehead atoms. The molecular weight excluding hydrogens is 502 g/mol. The van der Waals surface area contributed by atoms with Gasteiger partial charge in [-0.2, -0.15) is 0 Å². The van der Waals surface area contributed by atoms with E-state index >= 15 is 0 Å². The summed E-state index contributed by atoms with van der Waals surface area (Å²) < 4.78 is 10.1. The lowest BCUT2D eigenvalue weighted by Gasteiger charge is -2.39. The van der Waals surface area contributed by atoms with Gasteiger partial charge in [-0.25, -0.2) is 4.79 Å². The molecule has 0 spiro atoms. The van der Waals surface area contributed by atoms with Crippen molar-refractivity contribution in [2.75, 3.05) is 13.7 Å². The van der Waals surface area contributed by atoms with E-state index in [1.807, 2.05) is 20.8 Å². The zero-order valence-electron chi connectivity index (χ0n) is 24.9. The third-order valence-electron chi connectivity index (χ3n) is 5.93. The number of nitrogens with zero attached hydrogens (tertiary/aromatic N) is 1. The molecule has 0 aliphatic rings. The molecule has 3 N–H and O–H groups in total. The number of rotatable bonds is 13. The third kappa shape index (κ3) is 12.0. The first-order valence-corrected chi connectivity index (χ1v) is 13.5. The first kappa shape index (κ1) is 33.7. The van der Waals surface area contributed by atoms with E-state index in [0.29, 0.717) is 24.3 Å². The average molecular weight is 550 g/mol. The summed E-state index contributed by atoms with van der Waals surface area (Å²) >= 11 is 0. The Labute approximate surface area is 232 Å². The fourth-order valence-corrected chi connectivity index (χ4v) is 4.10. The number of methoxy groups -OCH3 is 1. The topological polar surface area (TPSA) is 134 Å². The Morgan fingerprint density at radius 1 is 1.00 bits per heavy atom. The molecule has 0 radical (unpaired) electrons. The number of hydrogen-bond donors (Lipinski definition) is 3. The number of esters is 1. The number of aromatic hydroxyl groups is 1. The van der Waals surface area contributed by atoms with Crippen LogP contribution in [-0.2, 0) is 23.9 Å². The molecule has 3 atom stereocenters. The first-order valence-electron chi connectivity index (χ1n) is 13.5. The number of phenolic OH excluding ortho intramolecular Hbond substituents is 1. The van der Waals surface area contributed by atoms with Crippen molar-refractivity contribution in [3.63, 3.8) is 0 Å². The summed E-state index contributed by atoms with van der Waals surface area (Å²) in [5.74, 6) is -1.42. The molecule has 0 heterocycles. The molecule has 1 rings (SSSR count). The fraction of sp³-hybridized carbons (Fsp3) is 0.655. The quantitative estimate of drug-likeness (QED) is 0.312. The number of amides is 3. The predicted molar refractivity (Wildman–Crippen MR) is 149 cm³/mol. The van der Waals surface area contributed by atoms with E-state index in [4.69, 9.17) is 4.74 Å². The number of phenols is 1. The van der Waals surface area contributed by atoms with E-state index in [0.717, 1.165) is 6.42 Å². The van der Waals surface area contributed by atoms with Gasteiger partial charge in [-0.15, -0.1) is 0 Å². The standard InChI is InChI=1S/C29H47N3O7/c1-18(2)13-14-20(5)32(27(36)23(15-19(3)4)31-28(37)39-29(6,7)8)25(21-11-10-12-22(33)16-21)26(35)30-17-24(34)38-9/h10-12,16,18-20,23,25,33H,13-15,17H2,1-9H3,(H,30,35)(H,31,37). The minimum absolute atomic E-state index is 0.0362. The molecule has 1 aromatic rings. The van der Waals surface area contributed by atoms with Crippen LogP contribution in [0.15, 0.2) is 24.3 Å². The monoisotopic (exact) mass is 549 g/mol. The van der Waals surface area contributed by atoms with Crippen molar-refractivity contribution in [2.45, 2.75) is 98.4 Å². The first-order chi connectivity index (χ1) is 18.0. The van der Waals surface area contributed by atoms with E-state index < -0.39 is 54.1 Å². The number of carbonyl (C=O) groups is 4. The van der Waals surface area contributed by atoms with Crippen LogP contribution in [0.4, 0.5) is 4.79 Å². The average Bonchev–Trinajstić information content (AvgIpc) is 2.81. The Balaban J connectivity index is 3.62. The third-order valence-corrected chi connectivity index (χ3v) is 5.93. The highest BCUT2D eigenvalue weighted by Gasteiger charge is 2.39. The minimum Gasteiger partial charge on any atom is -0.508 e. The normalized spacial score (nSPS) is 13.8. The van der Waals surface area contributed by atoms with Gasteiger partial charge in [0, 0.05) is 6.04 Å². The summed E-state index contributed by atoms with van der Waals surface area (Å²) in [7, 11) is 1.21. The highest BCUT2D eigenvalue weighted by atomic mass is 16.6. The second-order valence-corrected chi connectivity index (χ2v) is 11.7. The van der Waals surface area contributed by atoms with Gasteiger partial charge in [-0.1, -0.05) is 39.8 Å². The maximum atomic E-state index is 14.3. The van der Waals surface area contributed by atoms with Crippen LogP contribution in [0.25, 0.3) is 0 Å². The molecule has 3 amide bonds. The van der Waals surface area contributed by atoms with Crippen LogP contribution in [0.3, 0.4) is 0 Å². The Hall–Kier alpha value is -3.30. The van der Waals surface area contributed by atoms with Crippen molar-refractivity contribution >= 4 is 23.9 Å². The molecule has 0 aliphatic carbocycles. The van der Waals surface area contributed by atoms with Crippen molar-refractivity contribution in [1.29, 1.82) is 0 Å². The molecule has 0 saturated heterocycles. The van der Waals surface area contributed by atoms with Crippen molar-refractivity contribution in [1.82, 2.24) is 15.5 Å². The predicted octanol–water partition coefficient (Wildman–Crippen LogP) is 4.32. The highest BCUT2D eigenvalue weighted by Crippen LogP contribution is 2.30. The second-order valence-electron chi connectivity index (χ2n) is 11.7. The van der Waals surface area contributed by atoms with Crippen LogP contribution in [-0.4, -0.2) is 65.2 Å². The minimum atomic E-state index is -1.19. The number of ether oxygens (including phenoxy) is 2. The van der Waals surface area contributed by atoms with Gasteiger partial charge < -0.3 is 30.1 Å². The SMILES string of the molecule is COC(=O)CNC(=O)C(c1cccc(O)c1)N(C(=O)C(CC(C)C)NC(=O)OC(C)(C)C)C(C)CCC(C)C. The lowest BCUT2D eigenvalue weighted by atomic mass is 9.95. The Bertz CT molecular complexity index is 972. The molecule has 1 aromatic carbocycles. The molecule has 0 aliphatic heterocycles.